The molecule has 0 fully saturated rings. The summed E-state index contributed by atoms with van der Waals surface area (Å²) in [5.74, 6) is 0. The van der Waals surface area contributed by atoms with Crippen LogP contribution in [-0.4, -0.2) is 0 Å². The molecule has 0 aliphatic rings. The first-order chi connectivity index (χ1) is 4.81. The van der Waals surface area contributed by atoms with Crippen LogP contribution in [0.1, 0.15) is 13.8 Å². The molecule has 0 rings (SSSR count). The summed E-state index contributed by atoms with van der Waals surface area (Å²) < 4.78 is 0. The van der Waals surface area contributed by atoms with Crippen molar-refractivity contribution >= 4 is 0 Å². The lowest BCUT2D eigenvalue weighted by Crippen LogP contribution is -1.61. The molecule has 0 aliphatic heterocycles. The SMILES string of the molecule is C=C/C(C)=C/C=C\C=C/C. The lowest BCUT2D eigenvalue weighted by atomic mass is 10.3. The zero-order valence-electron chi connectivity index (χ0n) is 6.67. The summed E-state index contributed by atoms with van der Waals surface area (Å²) in [4.78, 5) is 0. The maximum Gasteiger partial charge on any atom is -0.0398 e. The van der Waals surface area contributed by atoms with Gasteiger partial charge in [-0.2, -0.15) is 0 Å². The van der Waals surface area contributed by atoms with Crippen LogP contribution in [0.4, 0.5) is 0 Å². The van der Waals surface area contributed by atoms with Gasteiger partial charge in [0.25, 0.3) is 0 Å². The molecular formula is C10H14. The second kappa shape index (κ2) is 6.09. The van der Waals surface area contributed by atoms with Gasteiger partial charge in [-0.15, -0.1) is 0 Å². The van der Waals surface area contributed by atoms with Crippen molar-refractivity contribution in [2.75, 3.05) is 0 Å². The van der Waals surface area contributed by atoms with Crippen LogP contribution in [0.25, 0.3) is 0 Å². The van der Waals surface area contributed by atoms with Crippen LogP contribution in [0, 0.1) is 0 Å². The summed E-state index contributed by atoms with van der Waals surface area (Å²) in [6.45, 7) is 7.65. The Kier molecular flexibility index (Phi) is 5.45. The first-order valence-corrected chi connectivity index (χ1v) is 3.40. The first kappa shape index (κ1) is 8.96. The van der Waals surface area contributed by atoms with Crippen LogP contribution in [0.15, 0.2) is 48.6 Å². The third kappa shape index (κ3) is 5.10. The van der Waals surface area contributed by atoms with Gasteiger partial charge in [-0.1, -0.05) is 48.6 Å². The zero-order chi connectivity index (χ0) is 7.82. The molecule has 0 spiro atoms. The van der Waals surface area contributed by atoms with Crippen molar-refractivity contribution in [1.29, 1.82) is 0 Å². The van der Waals surface area contributed by atoms with Crippen LogP contribution in [0.5, 0.6) is 0 Å². The molecule has 0 saturated heterocycles. The van der Waals surface area contributed by atoms with Crippen molar-refractivity contribution in [1.82, 2.24) is 0 Å². The maximum atomic E-state index is 3.64. The highest BCUT2D eigenvalue weighted by Gasteiger charge is 1.71. The van der Waals surface area contributed by atoms with Gasteiger partial charge in [-0.3, -0.25) is 0 Å². The molecule has 0 heteroatoms. The van der Waals surface area contributed by atoms with E-state index in [-0.39, 0.29) is 0 Å². The van der Waals surface area contributed by atoms with E-state index in [1.807, 2.05) is 50.3 Å². The maximum absolute atomic E-state index is 3.64. The third-order valence-electron chi connectivity index (χ3n) is 1.10. The van der Waals surface area contributed by atoms with Crippen LogP contribution < -0.4 is 0 Å². The van der Waals surface area contributed by atoms with Crippen molar-refractivity contribution in [3.8, 4) is 0 Å². The normalized spacial score (nSPS) is 13.2. The largest absolute Gasteiger partial charge is 0.0988 e. The molecule has 0 bridgehead atoms. The highest BCUT2D eigenvalue weighted by Crippen LogP contribution is 1.92. The molecule has 0 aromatic heterocycles. The predicted octanol–water partition coefficient (Wildman–Crippen LogP) is 3.25. The minimum atomic E-state index is 1.18. The summed E-state index contributed by atoms with van der Waals surface area (Å²) in [5, 5.41) is 0. The van der Waals surface area contributed by atoms with Crippen LogP contribution in [-0.2, 0) is 0 Å². The van der Waals surface area contributed by atoms with Crippen molar-refractivity contribution < 1.29 is 0 Å². The summed E-state index contributed by atoms with van der Waals surface area (Å²) in [7, 11) is 0. The number of hydrogen-bond donors (Lipinski definition) is 0. The van der Waals surface area contributed by atoms with Crippen molar-refractivity contribution in [3.05, 3.63) is 48.6 Å². The predicted molar refractivity (Wildman–Crippen MR) is 47.9 cm³/mol. The fourth-order valence-corrected chi connectivity index (χ4v) is 0.451. The quantitative estimate of drug-likeness (QED) is 0.520. The molecule has 0 atom stereocenters. The molecule has 0 aromatic carbocycles. The fourth-order valence-electron chi connectivity index (χ4n) is 0.451. The van der Waals surface area contributed by atoms with E-state index in [0.717, 1.165) is 0 Å². The lowest BCUT2D eigenvalue weighted by Gasteiger charge is -1.82. The van der Waals surface area contributed by atoms with Crippen LogP contribution in [0.2, 0.25) is 0 Å². The van der Waals surface area contributed by atoms with Crippen molar-refractivity contribution in [3.63, 3.8) is 0 Å². The third-order valence-corrected chi connectivity index (χ3v) is 1.10. The van der Waals surface area contributed by atoms with E-state index in [4.69, 9.17) is 0 Å². The molecule has 0 heterocycles. The van der Waals surface area contributed by atoms with Gasteiger partial charge in [0.15, 0.2) is 0 Å². The van der Waals surface area contributed by atoms with Crippen LogP contribution >= 0.6 is 0 Å². The van der Waals surface area contributed by atoms with E-state index in [1.165, 1.54) is 5.57 Å². The van der Waals surface area contributed by atoms with E-state index in [9.17, 15) is 0 Å². The first-order valence-electron chi connectivity index (χ1n) is 3.40. The number of allylic oxidation sites excluding steroid dienone is 7. The Balaban J connectivity index is 3.81. The Bertz CT molecular complexity index is 168. The van der Waals surface area contributed by atoms with Gasteiger partial charge >= 0.3 is 0 Å². The Morgan fingerprint density at radius 2 is 1.90 bits per heavy atom. The Hall–Kier alpha value is -1.04. The van der Waals surface area contributed by atoms with E-state index in [1.54, 1.807) is 0 Å². The standard InChI is InChI=1S/C10H14/c1-4-6-7-8-9-10(3)5-2/h4-9H,2H2,1,3H3/b6-4-,8-7-,10-9+. The van der Waals surface area contributed by atoms with Gasteiger partial charge < -0.3 is 0 Å². The van der Waals surface area contributed by atoms with E-state index in [0.29, 0.717) is 0 Å². The summed E-state index contributed by atoms with van der Waals surface area (Å²) in [6.07, 6.45) is 11.8. The second-order valence-corrected chi connectivity index (χ2v) is 2.03. The van der Waals surface area contributed by atoms with E-state index >= 15 is 0 Å². The van der Waals surface area contributed by atoms with Gasteiger partial charge in [0.1, 0.15) is 0 Å². The Morgan fingerprint density at radius 1 is 1.20 bits per heavy atom. The summed E-state index contributed by atoms with van der Waals surface area (Å²) in [5.41, 5.74) is 1.18. The van der Waals surface area contributed by atoms with Crippen LogP contribution in [0.3, 0.4) is 0 Å². The minimum absolute atomic E-state index is 1.18. The molecule has 0 unspecified atom stereocenters. The van der Waals surface area contributed by atoms with Gasteiger partial charge in [0, 0.05) is 0 Å². The highest BCUT2D eigenvalue weighted by molar-refractivity contribution is 5.21. The smallest absolute Gasteiger partial charge is 0.0398 e. The fraction of sp³-hybridized carbons (Fsp3) is 0.200. The van der Waals surface area contributed by atoms with Crippen molar-refractivity contribution in [2.24, 2.45) is 0 Å². The monoisotopic (exact) mass is 134 g/mol. The topological polar surface area (TPSA) is 0 Å². The molecule has 0 aliphatic carbocycles. The molecular weight excluding hydrogens is 120 g/mol. The summed E-state index contributed by atoms with van der Waals surface area (Å²) >= 11 is 0. The Morgan fingerprint density at radius 3 is 2.40 bits per heavy atom. The zero-order valence-corrected chi connectivity index (χ0v) is 6.67. The molecule has 0 N–H and O–H groups in total. The van der Waals surface area contributed by atoms with Gasteiger partial charge in [0.05, 0.1) is 0 Å². The Labute approximate surface area is 63.3 Å². The average Bonchev–Trinajstić information content (AvgIpc) is 1.98. The van der Waals surface area contributed by atoms with Gasteiger partial charge in [0.2, 0.25) is 0 Å². The molecule has 0 radical (unpaired) electrons. The number of hydrogen-bond acceptors (Lipinski definition) is 0. The molecule has 0 saturated carbocycles. The number of rotatable bonds is 3. The molecule has 0 aromatic rings. The van der Waals surface area contributed by atoms with Gasteiger partial charge in [-0.05, 0) is 13.8 Å². The molecule has 10 heavy (non-hydrogen) atoms. The highest BCUT2D eigenvalue weighted by atomic mass is 13.8. The molecule has 54 valence electrons. The summed E-state index contributed by atoms with van der Waals surface area (Å²) in [6, 6.07) is 0. The molecule has 0 nitrogen and oxygen atoms in total. The van der Waals surface area contributed by atoms with E-state index in [2.05, 4.69) is 6.58 Å². The molecule has 0 amide bonds. The second-order valence-electron chi connectivity index (χ2n) is 2.03. The lowest BCUT2D eigenvalue weighted by molar-refractivity contribution is 1.53. The average molecular weight is 134 g/mol. The van der Waals surface area contributed by atoms with Crippen molar-refractivity contribution in [2.45, 2.75) is 13.8 Å². The van der Waals surface area contributed by atoms with Gasteiger partial charge in [-0.25, -0.2) is 0 Å². The van der Waals surface area contributed by atoms with E-state index < -0.39 is 0 Å². The minimum Gasteiger partial charge on any atom is -0.0988 e.